The van der Waals surface area contributed by atoms with Crippen LogP contribution in [0.5, 0.6) is 11.5 Å². The van der Waals surface area contributed by atoms with Crippen LogP contribution in [0.15, 0.2) is 24.3 Å². The van der Waals surface area contributed by atoms with E-state index in [9.17, 15) is 20.1 Å². The Morgan fingerprint density at radius 1 is 0.556 bits per heavy atom. The van der Waals surface area contributed by atoms with E-state index in [1.807, 2.05) is 31.2 Å². The molecule has 0 saturated heterocycles. The molecule has 0 aromatic heterocycles. The molecule has 4 heteroatoms. The van der Waals surface area contributed by atoms with E-state index < -0.39 is 11.4 Å². The molecule has 2 aromatic rings. The maximum absolute atomic E-state index is 12.3. The van der Waals surface area contributed by atoms with E-state index in [0.29, 0.717) is 0 Å². The highest BCUT2D eigenvalue weighted by atomic mass is 16.4. The van der Waals surface area contributed by atoms with E-state index in [2.05, 4.69) is 83.1 Å². The van der Waals surface area contributed by atoms with Crippen LogP contribution in [0.3, 0.4) is 0 Å². The van der Waals surface area contributed by atoms with Crippen molar-refractivity contribution in [3.8, 4) is 11.5 Å². The first kappa shape index (κ1) is 29.7. The summed E-state index contributed by atoms with van der Waals surface area (Å²) in [5, 5.41) is 32.7. The number of rotatable bonds is 4. The molecule has 200 valence electrons. The standard InChI is InChI=1S/C32H48O4/c1-28(2,3)21-14-19(15-22(26(21)35)29(4,5)6)32(13,18-25(33)34)20-16-23(30(7,8)9)27(36)24(17-20)31(10,11)12/h14-17,35-36H,18H2,1-13H3,(H,33,34). The van der Waals surface area contributed by atoms with Crippen LogP contribution in [-0.4, -0.2) is 21.3 Å². The largest absolute Gasteiger partial charge is 0.507 e. The summed E-state index contributed by atoms with van der Waals surface area (Å²) in [4.78, 5) is 12.3. The Labute approximate surface area is 218 Å². The lowest BCUT2D eigenvalue weighted by atomic mass is 9.67. The molecule has 0 bridgehead atoms. The Bertz CT molecular complexity index is 991. The third-order valence-electron chi connectivity index (χ3n) is 7.23. The molecule has 0 saturated carbocycles. The first-order valence-corrected chi connectivity index (χ1v) is 12.9. The number of hydrogen-bond donors (Lipinski definition) is 3. The van der Waals surface area contributed by atoms with Crippen molar-refractivity contribution in [3.63, 3.8) is 0 Å². The van der Waals surface area contributed by atoms with Crippen molar-refractivity contribution in [3.05, 3.63) is 57.6 Å². The van der Waals surface area contributed by atoms with E-state index >= 15 is 0 Å². The average Bonchev–Trinajstić information content (AvgIpc) is 2.63. The van der Waals surface area contributed by atoms with Crippen molar-refractivity contribution >= 4 is 5.97 Å². The van der Waals surface area contributed by atoms with Crippen LogP contribution in [0, 0.1) is 0 Å². The summed E-state index contributed by atoms with van der Waals surface area (Å²) in [6.07, 6.45) is -0.122. The van der Waals surface area contributed by atoms with Crippen LogP contribution in [0.4, 0.5) is 0 Å². The molecule has 0 heterocycles. The molecule has 2 aromatic carbocycles. The van der Waals surface area contributed by atoms with Crippen LogP contribution < -0.4 is 0 Å². The van der Waals surface area contributed by atoms with Crippen LogP contribution in [0.2, 0.25) is 0 Å². The Hall–Kier alpha value is -2.49. The van der Waals surface area contributed by atoms with Crippen LogP contribution in [-0.2, 0) is 31.9 Å². The summed E-state index contributed by atoms with van der Waals surface area (Å²) in [6.45, 7) is 26.7. The predicted molar refractivity (Wildman–Crippen MR) is 150 cm³/mol. The van der Waals surface area contributed by atoms with Crippen molar-refractivity contribution in [2.75, 3.05) is 0 Å². The van der Waals surface area contributed by atoms with Gasteiger partial charge in [-0.2, -0.15) is 0 Å². The van der Waals surface area contributed by atoms with Crippen molar-refractivity contribution in [2.45, 2.75) is 124 Å². The predicted octanol–water partition coefficient (Wildman–Crippen LogP) is 8.07. The Morgan fingerprint density at radius 2 is 0.778 bits per heavy atom. The number of phenols is 2. The summed E-state index contributed by atoms with van der Waals surface area (Å²) >= 11 is 0. The van der Waals surface area contributed by atoms with Gasteiger partial charge in [0.1, 0.15) is 11.5 Å². The highest BCUT2D eigenvalue weighted by molar-refractivity contribution is 5.71. The van der Waals surface area contributed by atoms with Gasteiger partial charge in [0.25, 0.3) is 0 Å². The minimum atomic E-state index is -0.900. The van der Waals surface area contributed by atoms with Gasteiger partial charge in [-0.3, -0.25) is 4.79 Å². The summed E-state index contributed by atoms with van der Waals surface area (Å²) < 4.78 is 0. The summed E-state index contributed by atoms with van der Waals surface area (Å²) in [7, 11) is 0. The number of phenolic OH excluding ortho intramolecular Hbond substituents is 2. The molecular formula is C32H48O4. The van der Waals surface area contributed by atoms with Gasteiger partial charge in [-0.05, 0) is 55.0 Å². The molecule has 3 N–H and O–H groups in total. The van der Waals surface area contributed by atoms with Gasteiger partial charge in [0, 0.05) is 5.41 Å². The monoisotopic (exact) mass is 496 g/mol. The third kappa shape index (κ3) is 5.90. The molecule has 0 unspecified atom stereocenters. The molecule has 0 aliphatic heterocycles. The van der Waals surface area contributed by atoms with E-state index in [-0.39, 0.29) is 39.6 Å². The first-order chi connectivity index (χ1) is 15.9. The fraction of sp³-hybridized carbons (Fsp3) is 0.594. The van der Waals surface area contributed by atoms with Gasteiger partial charge in [0.15, 0.2) is 0 Å². The van der Waals surface area contributed by atoms with E-state index in [1.54, 1.807) is 0 Å². The van der Waals surface area contributed by atoms with Crippen LogP contribution >= 0.6 is 0 Å². The molecule has 4 nitrogen and oxygen atoms in total. The number of aliphatic carboxylic acids is 1. The van der Waals surface area contributed by atoms with Gasteiger partial charge in [0.05, 0.1) is 6.42 Å². The topological polar surface area (TPSA) is 77.8 Å². The number of carboxylic acids is 1. The van der Waals surface area contributed by atoms with Gasteiger partial charge in [-0.25, -0.2) is 0 Å². The van der Waals surface area contributed by atoms with Gasteiger partial charge in [-0.1, -0.05) is 114 Å². The van der Waals surface area contributed by atoms with Crippen LogP contribution in [0.25, 0.3) is 0 Å². The normalized spacial score (nSPS) is 13.7. The summed E-state index contributed by atoms with van der Waals surface area (Å²) in [5.74, 6) is -0.358. The number of aromatic hydroxyl groups is 2. The smallest absolute Gasteiger partial charge is 0.304 e. The van der Waals surface area contributed by atoms with Crippen molar-refractivity contribution in [2.24, 2.45) is 0 Å². The molecule has 0 fully saturated rings. The average molecular weight is 497 g/mol. The van der Waals surface area contributed by atoms with E-state index in [1.165, 1.54) is 0 Å². The second kappa shape index (κ2) is 9.11. The molecular weight excluding hydrogens is 448 g/mol. The van der Waals surface area contributed by atoms with Crippen molar-refractivity contribution < 1.29 is 20.1 Å². The number of carboxylic acid groups (broad SMARTS) is 1. The molecule has 0 amide bonds. The molecule has 0 spiro atoms. The molecule has 2 rings (SSSR count). The highest BCUT2D eigenvalue weighted by Crippen LogP contribution is 2.48. The molecule has 0 aliphatic carbocycles. The lowest BCUT2D eigenvalue weighted by molar-refractivity contribution is -0.138. The zero-order valence-corrected chi connectivity index (χ0v) is 24.8. The van der Waals surface area contributed by atoms with Gasteiger partial charge in [0.2, 0.25) is 0 Å². The second-order valence-corrected chi connectivity index (χ2v) is 14.7. The van der Waals surface area contributed by atoms with E-state index in [4.69, 9.17) is 0 Å². The van der Waals surface area contributed by atoms with Gasteiger partial charge < -0.3 is 15.3 Å². The lowest BCUT2D eigenvalue weighted by Crippen LogP contribution is -2.31. The first-order valence-electron chi connectivity index (χ1n) is 12.9. The Balaban J connectivity index is 3.11. The zero-order valence-electron chi connectivity index (χ0n) is 24.8. The van der Waals surface area contributed by atoms with Crippen LogP contribution in [0.1, 0.15) is 130 Å². The minimum absolute atomic E-state index is 0.122. The molecule has 36 heavy (non-hydrogen) atoms. The quantitative estimate of drug-likeness (QED) is 0.400. The SMILES string of the molecule is CC(C)(C)c1cc(C(C)(CC(=O)O)c2cc(C(C)(C)C)c(O)c(C(C)(C)C)c2)cc(C(C)(C)C)c1O. The second-order valence-electron chi connectivity index (χ2n) is 14.7. The molecule has 0 aliphatic rings. The molecule has 0 radical (unpaired) electrons. The maximum Gasteiger partial charge on any atom is 0.304 e. The highest BCUT2D eigenvalue weighted by Gasteiger charge is 2.38. The summed E-state index contributed by atoms with van der Waals surface area (Å²) in [6, 6.07) is 7.92. The fourth-order valence-electron chi connectivity index (χ4n) is 4.87. The lowest BCUT2D eigenvalue weighted by Gasteiger charge is -2.37. The molecule has 0 atom stereocenters. The Morgan fingerprint density at radius 3 is 0.944 bits per heavy atom. The number of benzene rings is 2. The maximum atomic E-state index is 12.3. The van der Waals surface area contributed by atoms with E-state index in [0.717, 1.165) is 33.4 Å². The number of carbonyl (C=O) groups is 1. The zero-order chi connectivity index (χ0) is 28.2. The van der Waals surface area contributed by atoms with Crippen molar-refractivity contribution in [1.29, 1.82) is 0 Å². The Kier molecular flexibility index (Phi) is 7.53. The fourth-order valence-corrected chi connectivity index (χ4v) is 4.87. The minimum Gasteiger partial charge on any atom is -0.507 e. The van der Waals surface area contributed by atoms with Crippen molar-refractivity contribution in [1.82, 2.24) is 0 Å². The van der Waals surface area contributed by atoms with Gasteiger partial charge >= 0.3 is 5.97 Å². The third-order valence-corrected chi connectivity index (χ3v) is 7.23. The summed E-state index contributed by atoms with van der Waals surface area (Å²) in [5.41, 5.74) is 2.63. The number of hydrogen-bond acceptors (Lipinski definition) is 3. The van der Waals surface area contributed by atoms with Gasteiger partial charge in [-0.15, -0.1) is 0 Å².